The summed E-state index contributed by atoms with van der Waals surface area (Å²) < 4.78 is 11.5. The van der Waals surface area contributed by atoms with Crippen molar-refractivity contribution in [1.29, 1.82) is 0 Å². The molecule has 0 N–H and O–H groups in total. The van der Waals surface area contributed by atoms with Gasteiger partial charge < -0.3 is 9.47 Å². The molecule has 18 heavy (non-hydrogen) atoms. The summed E-state index contributed by atoms with van der Waals surface area (Å²) in [4.78, 5) is 0. The molecule has 0 aliphatic heterocycles. The van der Waals surface area contributed by atoms with E-state index in [2.05, 4.69) is 19.1 Å². The van der Waals surface area contributed by atoms with E-state index in [1.807, 2.05) is 48.5 Å². The average molecular weight is 242 g/mol. The van der Waals surface area contributed by atoms with Crippen molar-refractivity contribution in [3.63, 3.8) is 0 Å². The van der Waals surface area contributed by atoms with Gasteiger partial charge in [-0.3, -0.25) is 0 Å². The van der Waals surface area contributed by atoms with Gasteiger partial charge in [-0.25, -0.2) is 0 Å². The van der Waals surface area contributed by atoms with Crippen molar-refractivity contribution in [3.8, 4) is 5.75 Å². The van der Waals surface area contributed by atoms with E-state index in [-0.39, 0.29) is 6.29 Å². The monoisotopic (exact) mass is 242 g/mol. The lowest BCUT2D eigenvalue weighted by Crippen LogP contribution is -2.19. The molecule has 0 bridgehead atoms. The third kappa shape index (κ3) is 3.90. The maximum Gasteiger partial charge on any atom is 0.199 e. The Morgan fingerprint density at radius 1 is 0.889 bits per heavy atom. The average Bonchev–Trinajstić information content (AvgIpc) is 2.45. The number of para-hydroxylation sites is 1. The lowest BCUT2D eigenvalue weighted by Gasteiger charge is -2.18. The molecule has 0 spiro atoms. The van der Waals surface area contributed by atoms with Gasteiger partial charge >= 0.3 is 0 Å². The summed E-state index contributed by atoms with van der Waals surface area (Å²) in [5, 5.41) is 0. The van der Waals surface area contributed by atoms with Gasteiger partial charge in [0.25, 0.3) is 0 Å². The van der Waals surface area contributed by atoms with Gasteiger partial charge in [-0.1, -0.05) is 55.5 Å². The number of rotatable bonds is 6. The summed E-state index contributed by atoms with van der Waals surface area (Å²) in [6, 6.07) is 19.9. The van der Waals surface area contributed by atoms with E-state index < -0.39 is 0 Å². The van der Waals surface area contributed by atoms with Crippen molar-refractivity contribution in [2.75, 3.05) is 0 Å². The fraction of sp³-hybridized carbons (Fsp3) is 0.250. The molecule has 0 aromatic heterocycles. The SMILES string of the molecule is CCC(OCc1ccccc1)Oc1ccccc1. The van der Waals surface area contributed by atoms with Crippen LogP contribution in [0.3, 0.4) is 0 Å². The van der Waals surface area contributed by atoms with Crippen LogP contribution in [0.1, 0.15) is 18.9 Å². The van der Waals surface area contributed by atoms with Crippen LogP contribution in [0.4, 0.5) is 0 Å². The quantitative estimate of drug-likeness (QED) is 0.712. The first-order valence-corrected chi connectivity index (χ1v) is 6.25. The van der Waals surface area contributed by atoms with Crippen molar-refractivity contribution in [2.45, 2.75) is 26.2 Å². The fourth-order valence-electron chi connectivity index (χ4n) is 1.65. The predicted molar refractivity (Wildman–Crippen MR) is 72.4 cm³/mol. The molecule has 0 heterocycles. The Bertz CT molecular complexity index is 439. The van der Waals surface area contributed by atoms with Crippen molar-refractivity contribution in [1.82, 2.24) is 0 Å². The second kappa shape index (κ2) is 6.82. The van der Waals surface area contributed by atoms with Crippen LogP contribution in [0.15, 0.2) is 60.7 Å². The van der Waals surface area contributed by atoms with Crippen LogP contribution < -0.4 is 4.74 Å². The molecule has 0 aliphatic carbocycles. The molecule has 0 fully saturated rings. The smallest absolute Gasteiger partial charge is 0.199 e. The molecular weight excluding hydrogens is 224 g/mol. The van der Waals surface area contributed by atoms with Crippen LogP contribution in [0.5, 0.6) is 5.75 Å². The Morgan fingerprint density at radius 3 is 2.11 bits per heavy atom. The summed E-state index contributed by atoms with van der Waals surface area (Å²) in [5.41, 5.74) is 1.16. The van der Waals surface area contributed by atoms with Crippen LogP contribution in [0, 0.1) is 0 Å². The van der Waals surface area contributed by atoms with Gasteiger partial charge in [0.1, 0.15) is 5.75 Å². The number of hydrogen-bond acceptors (Lipinski definition) is 2. The Hall–Kier alpha value is -1.80. The second-order valence-corrected chi connectivity index (χ2v) is 4.07. The molecule has 1 atom stereocenters. The molecule has 0 amide bonds. The molecule has 2 heteroatoms. The maximum absolute atomic E-state index is 5.76. The standard InChI is InChI=1S/C16H18O2/c1-2-16(18-15-11-7-4-8-12-15)17-13-14-9-5-3-6-10-14/h3-12,16H,2,13H2,1H3. The third-order valence-electron chi connectivity index (χ3n) is 2.62. The molecule has 2 nitrogen and oxygen atoms in total. The minimum Gasteiger partial charge on any atom is -0.465 e. The van der Waals surface area contributed by atoms with E-state index in [9.17, 15) is 0 Å². The molecule has 0 radical (unpaired) electrons. The minimum atomic E-state index is -0.201. The van der Waals surface area contributed by atoms with Crippen LogP contribution in [-0.2, 0) is 11.3 Å². The summed E-state index contributed by atoms with van der Waals surface area (Å²) in [6.45, 7) is 2.63. The van der Waals surface area contributed by atoms with Crippen LogP contribution in [0.2, 0.25) is 0 Å². The molecule has 2 rings (SSSR count). The van der Waals surface area contributed by atoms with Gasteiger partial charge in [0.2, 0.25) is 0 Å². The summed E-state index contributed by atoms with van der Waals surface area (Å²) >= 11 is 0. The highest BCUT2D eigenvalue weighted by atomic mass is 16.7. The molecule has 0 saturated carbocycles. The highest BCUT2D eigenvalue weighted by Gasteiger charge is 2.08. The first-order chi connectivity index (χ1) is 8.88. The zero-order chi connectivity index (χ0) is 12.6. The largest absolute Gasteiger partial charge is 0.465 e. The molecule has 94 valence electrons. The number of benzene rings is 2. The first kappa shape index (κ1) is 12.7. The van der Waals surface area contributed by atoms with Crippen molar-refractivity contribution >= 4 is 0 Å². The Labute approximate surface area is 108 Å². The number of ether oxygens (including phenoxy) is 2. The summed E-state index contributed by atoms with van der Waals surface area (Å²) in [7, 11) is 0. The van der Waals surface area contributed by atoms with Crippen LogP contribution in [0.25, 0.3) is 0 Å². The van der Waals surface area contributed by atoms with Crippen molar-refractivity contribution < 1.29 is 9.47 Å². The summed E-state index contributed by atoms with van der Waals surface area (Å²) in [6.07, 6.45) is 0.620. The lowest BCUT2D eigenvalue weighted by atomic mass is 10.2. The zero-order valence-electron chi connectivity index (χ0n) is 10.6. The molecule has 2 aromatic rings. The van der Waals surface area contributed by atoms with Gasteiger partial charge in [0, 0.05) is 6.42 Å². The topological polar surface area (TPSA) is 18.5 Å². The van der Waals surface area contributed by atoms with E-state index in [1.165, 1.54) is 0 Å². The normalized spacial score (nSPS) is 12.1. The van der Waals surface area contributed by atoms with E-state index in [0.29, 0.717) is 6.61 Å². The molecule has 1 unspecified atom stereocenters. The van der Waals surface area contributed by atoms with E-state index in [0.717, 1.165) is 17.7 Å². The van der Waals surface area contributed by atoms with Crippen LogP contribution in [-0.4, -0.2) is 6.29 Å². The minimum absolute atomic E-state index is 0.201. The Morgan fingerprint density at radius 2 is 1.50 bits per heavy atom. The van der Waals surface area contributed by atoms with Gasteiger partial charge in [0.05, 0.1) is 6.61 Å². The molecular formula is C16H18O2. The molecule has 0 aliphatic rings. The van der Waals surface area contributed by atoms with E-state index >= 15 is 0 Å². The molecule has 2 aromatic carbocycles. The van der Waals surface area contributed by atoms with Crippen molar-refractivity contribution in [2.24, 2.45) is 0 Å². The van der Waals surface area contributed by atoms with Gasteiger partial charge in [-0.2, -0.15) is 0 Å². The second-order valence-electron chi connectivity index (χ2n) is 4.07. The van der Waals surface area contributed by atoms with Gasteiger partial charge in [0.15, 0.2) is 6.29 Å². The maximum atomic E-state index is 5.76. The summed E-state index contributed by atoms with van der Waals surface area (Å²) in [5.74, 6) is 0.845. The van der Waals surface area contributed by atoms with Crippen LogP contribution >= 0.6 is 0 Å². The Balaban J connectivity index is 1.86. The van der Waals surface area contributed by atoms with E-state index in [1.54, 1.807) is 0 Å². The third-order valence-corrected chi connectivity index (χ3v) is 2.62. The number of hydrogen-bond donors (Lipinski definition) is 0. The van der Waals surface area contributed by atoms with Gasteiger partial charge in [-0.05, 0) is 17.7 Å². The lowest BCUT2D eigenvalue weighted by molar-refractivity contribution is -0.0905. The van der Waals surface area contributed by atoms with Crippen molar-refractivity contribution in [3.05, 3.63) is 66.2 Å². The fourth-order valence-corrected chi connectivity index (χ4v) is 1.65. The highest BCUT2D eigenvalue weighted by Crippen LogP contribution is 2.14. The zero-order valence-corrected chi connectivity index (χ0v) is 10.6. The van der Waals surface area contributed by atoms with E-state index in [4.69, 9.17) is 9.47 Å². The molecule has 0 saturated heterocycles. The Kier molecular flexibility index (Phi) is 4.79. The highest BCUT2D eigenvalue weighted by molar-refractivity contribution is 5.21. The first-order valence-electron chi connectivity index (χ1n) is 6.25. The van der Waals surface area contributed by atoms with Gasteiger partial charge in [-0.15, -0.1) is 0 Å². The predicted octanol–water partition coefficient (Wildman–Crippen LogP) is 4.02.